The number of thioether (sulfide) groups is 1. The first-order valence-corrected chi connectivity index (χ1v) is 8.85. The molecule has 112 valence electrons. The molecule has 1 aromatic rings. The van der Waals surface area contributed by atoms with Gasteiger partial charge in [-0.05, 0) is 74.3 Å². The van der Waals surface area contributed by atoms with Crippen LogP contribution >= 0.6 is 11.8 Å². The summed E-state index contributed by atoms with van der Waals surface area (Å²) in [7, 11) is 3.82. The molecule has 0 saturated carbocycles. The molecule has 20 heavy (non-hydrogen) atoms. The fourth-order valence-corrected chi connectivity index (χ4v) is 4.10. The Labute approximate surface area is 127 Å². The summed E-state index contributed by atoms with van der Waals surface area (Å²) in [6, 6.07) is 9.14. The summed E-state index contributed by atoms with van der Waals surface area (Å²) in [6.07, 6.45) is 6.54. The molecule has 0 spiro atoms. The first kappa shape index (κ1) is 15.7. The van der Waals surface area contributed by atoms with Crippen molar-refractivity contribution in [1.29, 1.82) is 0 Å². The minimum Gasteiger partial charge on any atom is -0.497 e. The van der Waals surface area contributed by atoms with Gasteiger partial charge in [-0.3, -0.25) is 0 Å². The van der Waals surface area contributed by atoms with Crippen LogP contribution in [0, 0.1) is 5.92 Å². The Balaban J connectivity index is 1.77. The van der Waals surface area contributed by atoms with Crippen molar-refractivity contribution < 1.29 is 4.74 Å². The second-order valence-corrected chi connectivity index (χ2v) is 6.89. The number of hydrogen-bond acceptors (Lipinski definition) is 3. The van der Waals surface area contributed by atoms with Crippen molar-refractivity contribution in [3.63, 3.8) is 0 Å². The first-order chi connectivity index (χ1) is 9.81. The fraction of sp³-hybridized carbons (Fsp3) is 0.647. The third-order valence-electron chi connectivity index (χ3n) is 4.31. The lowest BCUT2D eigenvalue weighted by molar-refractivity contribution is 0.365. The molecule has 1 aliphatic heterocycles. The van der Waals surface area contributed by atoms with E-state index < -0.39 is 0 Å². The molecular formula is C17H27NOS. The maximum Gasteiger partial charge on any atom is 0.118 e. The van der Waals surface area contributed by atoms with Crippen LogP contribution in [-0.4, -0.2) is 31.7 Å². The van der Waals surface area contributed by atoms with Crippen LogP contribution in [0.1, 0.15) is 31.2 Å². The van der Waals surface area contributed by atoms with Crippen LogP contribution < -0.4 is 10.1 Å². The van der Waals surface area contributed by atoms with E-state index in [1.165, 1.54) is 42.8 Å². The number of aryl methyl sites for hydroxylation is 1. The summed E-state index contributed by atoms with van der Waals surface area (Å²) in [6.45, 7) is 0. The van der Waals surface area contributed by atoms with E-state index in [1.54, 1.807) is 7.11 Å². The third-order valence-corrected chi connectivity index (χ3v) is 5.36. The van der Waals surface area contributed by atoms with E-state index in [0.717, 1.165) is 18.1 Å². The van der Waals surface area contributed by atoms with Gasteiger partial charge in [0.25, 0.3) is 0 Å². The molecule has 1 heterocycles. The summed E-state index contributed by atoms with van der Waals surface area (Å²) in [5.74, 6) is 4.60. The SMILES string of the molecule is CNC(CCc1ccc(OC)cc1)CC1CCSCC1. The van der Waals surface area contributed by atoms with Crippen molar-refractivity contribution in [1.82, 2.24) is 5.32 Å². The summed E-state index contributed by atoms with van der Waals surface area (Å²) < 4.78 is 5.20. The lowest BCUT2D eigenvalue weighted by Crippen LogP contribution is -2.29. The number of nitrogens with one attached hydrogen (secondary N) is 1. The Bertz CT molecular complexity index is 373. The van der Waals surface area contributed by atoms with E-state index in [1.807, 2.05) is 0 Å². The third kappa shape index (κ3) is 5.02. The Morgan fingerprint density at radius 3 is 2.55 bits per heavy atom. The highest BCUT2D eigenvalue weighted by molar-refractivity contribution is 7.99. The van der Waals surface area contributed by atoms with E-state index >= 15 is 0 Å². The smallest absolute Gasteiger partial charge is 0.118 e. The van der Waals surface area contributed by atoms with Gasteiger partial charge < -0.3 is 10.1 Å². The van der Waals surface area contributed by atoms with E-state index in [2.05, 4.69) is 48.4 Å². The Kier molecular flexibility index (Phi) is 6.74. The van der Waals surface area contributed by atoms with Gasteiger partial charge in [0.15, 0.2) is 0 Å². The highest BCUT2D eigenvalue weighted by Gasteiger charge is 2.18. The number of ether oxygens (including phenoxy) is 1. The molecule has 1 unspecified atom stereocenters. The lowest BCUT2D eigenvalue weighted by Gasteiger charge is -2.26. The molecule has 1 atom stereocenters. The molecule has 0 aliphatic carbocycles. The number of rotatable bonds is 7. The van der Waals surface area contributed by atoms with Gasteiger partial charge in [-0.25, -0.2) is 0 Å². The predicted molar refractivity (Wildman–Crippen MR) is 88.8 cm³/mol. The van der Waals surface area contributed by atoms with Crippen LogP contribution in [0.5, 0.6) is 5.75 Å². The van der Waals surface area contributed by atoms with Gasteiger partial charge in [-0.1, -0.05) is 12.1 Å². The molecule has 1 fully saturated rings. The van der Waals surface area contributed by atoms with Gasteiger partial charge >= 0.3 is 0 Å². The fourth-order valence-electron chi connectivity index (χ4n) is 2.90. The monoisotopic (exact) mass is 293 g/mol. The molecule has 2 nitrogen and oxygen atoms in total. The maximum atomic E-state index is 5.20. The highest BCUT2D eigenvalue weighted by Crippen LogP contribution is 2.27. The second-order valence-electron chi connectivity index (χ2n) is 5.66. The molecule has 2 rings (SSSR count). The van der Waals surface area contributed by atoms with Gasteiger partial charge in [0, 0.05) is 6.04 Å². The standard InChI is InChI=1S/C17H27NOS/c1-18-16(13-15-9-11-20-12-10-15)6-3-14-4-7-17(19-2)8-5-14/h4-5,7-8,15-16,18H,3,6,9-13H2,1-2H3. The topological polar surface area (TPSA) is 21.3 Å². The highest BCUT2D eigenvalue weighted by atomic mass is 32.2. The van der Waals surface area contributed by atoms with Crippen molar-refractivity contribution in [3.8, 4) is 5.75 Å². The molecule has 1 N–H and O–H groups in total. The predicted octanol–water partition coefficient (Wildman–Crippen LogP) is 3.75. The van der Waals surface area contributed by atoms with Crippen molar-refractivity contribution in [2.45, 2.75) is 38.1 Å². The molecule has 0 radical (unpaired) electrons. The largest absolute Gasteiger partial charge is 0.497 e. The number of methoxy groups -OCH3 is 1. The van der Waals surface area contributed by atoms with Crippen LogP contribution in [0.2, 0.25) is 0 Å². The van der Waals surface area contributed by atoms with E-state index in [4.69, 9.17) is 4.74 Å². The van der Waals surface area contributed by atoms with E-state index in [9.17, 15) is 0 Å². The maximum absolute atomic E-state index is 5.20. The van der Waals surface area contributed by atoms with Crippen LogP contribution in [0.25, 0.3) is 0 Å². The summed E-state index contributed by atoms with van der Waals surface area (Å²) >= 11 is 2.11. The van der Waals surface area contributed by atoms with Crippen molar-refractivity contribution in [3.05, 3.63) is 29.8 Å². The molecule has 0 aromatic heterocycles. The molecule has 3 heteroatoms. The zero-order chi connectivity index (χ0) is 14.2. The van der Waals surface area contributed by atoms with Crippen molar-refractivity contribution >= 4 is 11.8 Å². The Morgan fingerprint density at radius 2 is 1.95 bits per heavy atom. The van der Waals surface area contributed by atoms with Crippen LogP contribution in [0.15, 0.2) is 24.3 Å². The zero-order valence-corrected chi connectivity index (χ0v) is 13.5. The average molecular weight is 293 g/mol. The minimum absolute atomic E-state index is 0.658. The molecule has 1 aliphatic rings. The van der Waals surface area contributed by atoms with Gasteiger partial charge in [-0.15, -0.1) is 0 Å². The molecular weight excluding hydrogens is 266 g/mol. The summed E-state index contributed by atoms with van der Waals surface area (Å²) in [5, 5.41) is 3.51. The minimum atomic E-state index is 0.658. The van der Waals surface area contributed by atoms with Gasteiger partial charge in [0.05, 0.1) is 7.11 Å². The van der Waals surface area contributed by atoms with Crippen LogP contribution in [-0.2, 0) is 6.42 Å². The van der Waals surface area contributed by atoms with Gasteiger partial charge in [0.1, 0.15) is 5.75 Å². The van der Waals surface area contributed by atoms with Gasteiger partial charge in [0.2, 0.25) is 0 Å². The Morgan fingerprint density at radius 1 is 1.25 bits per heavy atom. The van der Waals surface area contributed by atoms with Crippen molar-refractivity contribution in [2.75, 3.05) is 25.7 Å². The zero-order valence-electron chi connectivity index (χ0n) is 12.7. The average Bonchev–Trinajstić information content (AvgIpc) is 2.53. The normalized spacial score (nSPS) is 17.9. The first-order valence-electron chi connectivity index (χ1n) is 7.69. The number of benzene rings is 1. The van der Waals surface area contributed by atoms with E-state index in [-0.39, 0.29) is 0 Å². The molecule has 0 amide bonds. The molecule has 0 bridgehead atoms. The summed E-state index contributed by atoms with van der Waals surface area (Å²) in [4.78, 5) is 0. The van der Waals surface area contributed by atoms with Gasteiger partial charge in [-0.2, -0.15) is 11.8 Å². The quantitative estimate of drug-likeness (QED) is 0.827. The number of hydrogen-bond donors (Lipinski definition) is 1. The van der Waals surface area contributed by atoms with Crippen LogP contribution in [0.4, 0.5) is 0 Å². The lowest BCUT2D eigenvalue weighted by atomic mass is 9.91. The molecule has 1 saturated heterocycles. The van der Waals surface area contributed by atoms with Crippen LogP contribution in [0.3, 0.4) is 0 Å². The van der Waals surface area contributed by atoms with Crippen molar-refractivity contribution in [2.24, 2.45) is 5.92 Å². The second kappa shape index (κ2) is 8.58. The molecule has 1 aromatic carbocycles. The van der Waals surface area contributed by atoms with E-state index in [0.29, 0.717) is 6.04 Å². The summed E-state index contributed by atoms with van der Waals surface area (Å²) in [5.41, 5.74) is 1.41. The Hall–Kier alpha value is -0.670.